The van der Waals surface area contributed by atoms with Crippen LogP contribution in [0.4, 0.5) is 0 Å². The van der Waals surface area contributed by atoms with E-state index in [-0.39, 0.29) is 4.75 Å². The molecule has 6 heteroatoms. The Labute approximate surface area is 141 Å². The van der Waals surface area contributed by atoms with Crippen LogP contribution in [0.3, 0.4) is 0 Å². The van der Waals surface area contributed by atoms with Crippen molar-refractivity contribution in [2.24, 2.45) is 4.99 Å². The summed E-state index contributed by atoms with van der Waals surface area (Å²) in [5.74, 6) is 0.904. The van der Waals surface area contributed by atoms with E-state index in [9.17, 15) is 0 Å². The summed E-state index contributed by atoms with van der Waals surface area (Å²) in [6.45, 7) is 16.8. The van der Waals surface area contributed by atoms with E-state index in [1.54, 1.807) is 0 Å². The SMILES string of the molecule is CCN1CCN(C(C)CNC(=NC)NCC(C)(C)SC)CC1. The fourth-order valence-electron chi connectivity index (χ4n) is 2.48. The summed E-state index contributed by atoms with van der Waals surface area (Å²) in [5, 5.41) is 6.89. The molecule has 0 amide bonds. The molecule has 1 rings (SSSR count). The van der Waals surface area contributed by atoms with Crippen molar-refractivity contribution in [2.45, 2.75) is 38.5 Å². The molecule has 1 fully saturated rings. The van der Waals surface area contributed by atoms with Gasteiger partial charge in [-0.25, -0.2) is 0 Å². The number of hydrogen-bond donors (Lipinski definition) is 2. The Bertz CT molecular complexity index is 337. The normalized spacial score (nSPS) is 20.0. The van der Waals surface area contributed by atoms with Crippen LogP contribution < -0.4 is 10.6 Å². The molecular weight excluding hydrogens is 294 g/mol. The first-order valence-corrected chi connectivity index (χ1v) is 9.60. The summed E-state index contributed by atoms with van der Waals surface area (Å²) in [6.07, 6.45) is 2.15. The van der Waals surface area contributed by atoms with Gasteiger partial charge in [0.2, 0.25) is 0 Å². The minimum atomic E-state index is 0.222. The maximum atomic E-state index is 4.33. The lowest BCUT2D eigenvalue weighted by Crippen LogP contribution is -2.53. The first-order valence-electron chi connectivity index (χ1n) is 8.38. The molecule has 0 aliphatic carbocycles. The lowest BCUT2D eigenvalue weighted by molar-refractivity contribution is 0.107. The third-order valence-corrected chi connectivity index (χ3v) is 5.75. The number of nitrogens with one attached hydrogen (secondary N) is 2. The van der Waals surface area contributed by atoms with Crippen molar-refractivity contribution >= 4 is 17.7 Å². The molecule has 1 aliphatic heterocycles. The maximum absolute atomic E-state index is 4.33. The molecular formula is C16H35N5S. The fraction of sp³-hybridized carbons (Fsp3) is 0.938. The molecule has 0 aromatic heterocycles. The lowest BCUT2D eigenvalue weighted by atomic mass is 10.2. The molecule has 2 N–H and O–H groups in total. The highest BCUT2D eigenvalue weighted by molar-refractivity contribution is 7.99. The molecule has 0 radical (unpaired) electrons. The number of hydrogen-bond acceptors (Lipinski definition) is 4. The molecule has 1 saturated heterocycles. The van der Waals surface area contributed by atoms with E-state index in [4.69, 9.17) is 0 Å². The summed E-state index contributed by atoms with van der Waals surface area (Å²) in [6, 6.07) is 0.533. The van der Waals surface area contributed by atoms with Crippen LogP contribution in [0.2, 0.25) is 0 Å². The van der Waals surface area contributed by atoms with Gasteiger partial charge in [0, 0.05) is 57.1 Å². The van der Waals surface area contributed by atoms with E-state index in [0.29, 0.717) is 6.04 Å². The van der Waals surface area contributed by atoms with Gasteiger partial charge in [0.1, 0.15) is 0 Å². The highest BCUT2D eigenvalue weighted by atomic mass is 32.2. The zero-order valence-corrected chi connectivity index (χ0v) is 16.1. The van der Waals surface area contributed by atoms with Gasteiger partial charge in [-0.05, 0) is 33.6 Å². The number of guanidine groups is 1. The predicted molar refractivity (Wildman–Crippen MR) is 100 cm³/mol. The molecule has 0 spiro atoms. The van der Waals surface area contributed by atoms with Gasteiger partial charge in [0.05, 0.1) is 0 Å². The number of thioether (sulfide) groups is 1. The Morgan fingerprint density at radius 1 is 1.23 bits per heavy atom. The Hall–Kier alpha value is -0.460. The summed E-state index contributed by atoms with van der Waals surface area (Å²) >= 11 is 1.87. The van der Waals surface area contributed by atoms with Crippen molar-refractivity contribution in [2.75, 3.05) is 59.1 Å². The topological polar surface area (TPSA) is 42.9 Å². The average molecular weight is 330 g/mol. The van der Waals surface area contributed by atoms with Crippen molar-refractivity contribution < 1.29 is 0 Å². The number of aliphatic imine (C=N–C) groups is 1. The number of nitrogens with zero attached hydrogens (tertiary/aromatic N) is 3. The largest absolute Gasteiger partial charge is 0.355 e. The number of likely N-dealkylation sites (N-methyl/N-ethyl adjacent to an activating group) is 1. The summed E-state index contributed by atoms with van der Waals surface area (Å²) in [5.41, 5.74) is 0. The molecule has 1 unspecified atom stereocenters. The Kier molecular flexibility index (Phi) is 8.57. The number of rotatable bonds is 7. The van der Waals surface area contributed by atoms with Gasteiger partial charge in [-0.2, -0.15) is 11.8 Å². The first-order chi connectivity index (χ1) is 10.4. The monoisotopic (exact) mass is 329 g/mol. The summed E-state index contributed by atoms with van der Waals surface area (Å²) in [4.78, 5) is 9.41. The molecule has 0 bridgehead atoms. The first kappa shape index (κ1) is 19.6. The Morgan fingerprint density at radius 2 is 1.86 bits per heavy atom. The van der Waals surface area contributed by atoms with Crippen molar-refractivity contribution in [1.82, 2.24) is 20.4 Å². The van der Waals surface area contributed by atoms with Gasteiger partial charge >= 0.3 is 0 Å². The predicted octanol–water partition coefficient (Wildman–Crippen LogP) is 1.32. The highest BCUT2D eigenvalue weighted by Crippen LogP contribution is 2.19. The van der Waals surface area contributed by atoms with E-state index in [2.05, 4.69) is 59.4 Å². The van der Waals surface area contributed by atoms with Crippen LogP contribution in [-0.2, 0) is 0 Å². The third kappa shape index (κ3) is 6.75. The second kappa shape index (κ2) is 9.63. The van der Waals surface area contributed by atoms with Crippen LogP contribution in [-0.4, -0.2) is 85.7 Å². The smallest absolute Gasteiger partial charge is 0.191 e. The van der Waals surface area contributed by atoms with E-state index in [1.807, 2.05) is 18.8 Å². The molecule has 0 aromatic rings. The Morgan fingerprint density at radius 3 is 2.36 bits per heavy atom. The molecule has 1 heterocycles. The minimum absolute atomic E-state index is 0.222. The molecule has 0 saturated carbocycles. The molecule has 5 nitrogen and oxygen atoms in total. The van der Waals surface area contributed by atoms with Crippen LogP contribution in [0, 0.1) is 0 Å². The number of piperazine rings is 1. The second-order valence-electron chi connectivity index (χ2n) is 6.59. The van der Waals surface area contributed by atoms with Crippen molar-refractivity contribution in [3.05, 3.63) is 0 Å². The quantitative estimate of drug-likeness (QED) is 0.545. The highest BCUT2D eigenvalue weighted by Gasteiger charge is 2.20. The molecule has 22 heavy (non-hydrogen) atoms. The van der Waals surface area contributed by atoms with Gasteiger partial charge in [-0.1, -0.05) is 6.92 Å². The van der Waals surface area contributed by atoms with Gasteiger partial charge in [-0.15, -0.1) is 0 Å². The van der Waals surface area contributed by atoms with Gasteiger partial charge in [0.25, 0.3) is 0 Å². The zero-order valence-electron chi connectivity index (χ0n) is 15.3. The molecule has 1 atom stereocenters. The van der Waals surface area contributed by atoms with Crippen molar-refractivity contribution in [1.29, 1.82) is 0 Å². The average Bonchev–Trinajstić information content (AvgIpc) is 2.54. The minimum Gasteiger partial charge on any atom is -0.355 e. The van der Waals surface area contributed by atoms with Crippen molar-refractivity contribution in [3.8, 4) is 0 Å². The molecule has 1 aliphatic rings. The van der Waals surface area contributed by atoms with E-state index >= 15 is 0 Å². The standard InChI is InChI=1S/C16H35N5S/c1-7-20-8-10-21(11-9-20)14(2)12-18-15(17-5)19-13-16(3,4)22-6/h14H,7-13H2,1-6H3,(H2,17,18,19). The molecule has 130 valence electrons. The van der Waals surface area contributed by atoms with Gasteiger partial charge in [-0.3, -0.25) is 9.89 Å². The third-order valence-electron chi connectivity index (χ3n) is 4.50. The van der Waals surface area contributed by atoms with E-state index in [0.717, 1.165) is 19.0 Å². The van der Waals surface area contributed by atoms with Crippen LogP contribution in [0.25, 0.3) is 0 Å². The van der Waals surface area contributed by atoms with E-state index in [1.165, 1.54) is 32.7 Å². The van der Waals surface area contributed by atoms with Gasteiger partial charge in [0.15, 0.2) is 5.96 Å². The van der Waals surface area contributed by atoms with Crippen molar-refractivity contribution in [3.63, 3.8) is 0 Å². The van der Waals surface area contributed by atoms with Gasteiger partial charge < -0.3 is 15.5 Å². The second-order valence-corrected chi connectivity index (χ2v) is 8.10. The van der Waals surface area contributed by atoms with Crippen LogP contribution in [0.15, 0.2) is 4.99 Å². The summed E-state index contributed by atoms with van der Waals surface area (Å²) in [7, 11) is 1.84. The summed E-state index contributed by atoms with van der Waals surface area (Å²) < 4.78 is 0.222. The molecule has 0 aromatic carbocycles. The van der Waals surface area contributed by atoms with Crippen LogP contribution in [0.1, 0.15) is 27.7 Å². The fourth-order valence-corrected chi connectivity index (χ4v) is 2.70. The zero-order chi connectivity index (χ0) is 16.6. The Balaban J connectivity index is 2.31. The lowest BCUT2D eigenvalue weighted by Gasteiger charge is -2.37. The maximum Gasteiger partial charge on any atom is 0.191 e. The van der Waals surface area contributed by atoms with Crippen LogP contribution >= 0.6 is 11.8 Å². The van der Waals surface area contributed by atoms with E-state index < -0.39 is 0 Å². The van der Waals surface area contributed by atoms with Crippen LogP contribution in [0.5, 0.6) is 0 Å².